The van der Waals surface area contributed by atoms with Crippen molar-refractivity contribution in [2.75, 3.05) is 41.4 Å². The molecule has 148 valence electrons. The highest BCUT2D eigenvalue weighted by Crippen LogP contribution is 2.11. The molecule has 0 atom stereocenters. The number of nitrogens with zero attached hydrogens (tertiary/aromatic N) is 2. The van der Waals surface area contributed by atoms with E-state index < -0.39 is 0 Å². The standard InChI is InChI=1S/C21H30N2O4/c1-7-25-20(15-22(3)4)11-9-18-13-17(24)14-19(27-18)10-12-21(26-8-2)16-23(5)6/h9-16H,7-8H2,1-6H3/b11-9+,12-10+,20-15-,21-16-. The summed E-state index contributed by atoms with van der Waals surface area (Å²) in [5, 5.41) is 0. The Morgan fingerprint density at radius 1 is 0.889 bits per heavy atom. The van der Waals surface area contributed by atoms with Gasteiger partial charge in [0.25, 0.3) is 0 Å². The minimum Gasteiger partial charge on any atom is -0.492 e. The predicted molar refractivity (Wildman–Crippen MR) is 110 cm³/mol. The molecule has 1 rings (SSSR count). The second kappa shape index (κ2) is 11.7. The van der Waals surface area contributed by atoms with Crippen molar-refractivity contribution >= 4 is 12.2 Å². The molecule has 0 radical (unpaired) electrons. The van der Waals surface area contributed by atoms with Crippen molar-refractivity contribution in [2.45, 2.75) is 13.8 Å². The number of allylic oxidation sites excluding steroid dienone is 2. The summed E-state index contributed by atoms with van der Waals surface area (Å²) < 4.78 is 16.9. The maximum Gasteiger partial charge on any atom is 0.186 e. The van der Waals surface area contributed by atoms with Crippen molar-refractivity contribution in [3.05, 3.63) is 69.9 Å². The van der Waals surface area contributed by atoms with Crippen molar-refractivity contribution in [3.8, 4) is 0 Å². The van der Waals surface area contributed by atoms with E-state index in [2.05, 4.69) is 0 Å². The van der Waals surface area contributed by atoms with Gasteiger partial charge in [-0.2, -0.15) is 0 Å². The molecule has 0 aliphatic carbocycles. The average Bonchev–Trinajstić information content (AvgIpc) is 2.57. The Bertz CT molecular complexity index is 696. The van der Waals surface area contributed by atoms with Crippen LogP contribution in [0.5, 0.6) is 0 Å². The average molecular weight is 374 g/mol. The largest absolute Gasteiger partial charge is 0.492 e. The van der Waals surface area contributed by atoms with E-state index in [0.29, 0.717) is 36.3 Å². The first-order valence-corrected chi connectivity index (χ1v) is 8.87. The summed E-state index contributed by atoms with van der Waals surface area (Å²) in [6.45, 7) is 4.94. The SMILES string of the molecule is CCOC(=C\N(C)C)/C=C/c1cc(=O)cc(/C=C/C(=C/N(C)C)OCC)o1. The smallest absolute Gasteiger partial charge is 0.186 e. The first kappa shape index (κ1) is 22.2. The van der Waals surface area contributed by atoms with Crippen molar-refractivity contribution in [1.82, 2.24) is 9.80 Å². The Labute approximate surface area is 161 Å². The van der Waals surface area contributed by atoms with Crippen molar-refractivity contribution < 1.29 is 13.9 Å². The Morgan fingerprint density at radius 3 is 1.63 bits per heavy atom. The molecular formula is C21H30N2O4. The molecule has 0 fully saturated rings. The molecule has 1 heterocycles. The monoisotopic (exact) mass is 374 g/mol. The number of hydrogen-bond acceptors (Lipinski definition) is 6. The minimum absolute atomic E-state index is 0.135. The molecule has 0 aliphatic rings. The zero-order chi connectivity index (χ0) is 20.2. The zero-order valence-electron chi connectivity index (χ0n) is 17.1. The molecule has 0 saturated carbocycles. The highest BCUT2D eigenvalue weighted by molar-refractivity contribution is 5.51. The molecule has 6 nitrogen and oxygen atoms in total. The number of rotatable bonds is 10. The van der Waals surface area contributed by atoms with Gasteiger partial charge in [-0.15, -0.1) is 0 Å². The van der Waals surface area contributed by atoms with E-state index in [4.69, 9.17) is 13.9 Å². The predicted octanol–water partition coefficient (Wildman–Crippen LogP) is 3.55. The summed E-state index contributed by atoms with van der Waals surface area (Å²) in [5.74, 6) is 2.25. The van der Waals surface area contributed by atoms with Gasteiger partial charge in [0.1, 0.15) is 23.0 Å². The van der Waals surface area contributed by atoms with E-state index in [-0.39, 0.29) is 5.43 Å². The summed E-state index contributed by atoms with van der Waals surface area (Å²) in [7, 11) is 7.65. The number of hydrogen-bond donors (Lipinski definition) is 0. The van der Waals surface area contributed by atoms with Gasteiger partial charge in [-0.3, -0.25) is 4.79 Å². The second-order valence-electron chi connectivity index (χ2n) is 6.12. The summed E-state index contributed by atoms with van der Waals surface area (Å²) >= 11 is 0. The van der Waals surface area contributed by atoms with E-state index in [0.717, 1.165) is 0 Å². The Morgan fingerprint density at radius 2 is 1.30 bits per heavy atom. The van der Waals surface area contributed by atoms with Gasteiger partial charge in [0, 0.05) is 52.7 Å². The summed E-state index contributed by atoms with van der Waals surface area (Å²) in [6, 6.07) is 2.87. The van der Waals surface area contributed by atoms with Gasteiger partial charge >= 0.3 is 0 Å². The van der Waals surface area contributed by atoms with Crippen LogP contribution in [0.2, 0.25) is 0 Å². The van der Waals surface area contributed by atoms with Gasteiger partial charge < -0.3 is 23.7 Å². The number of ether oxygens (including phenoxy) is 2. The lowest BCUT2D eigenvalue weighted by atomic mass is 10.3. The molecule has 0 bridgehead atoms. The van der Waals surface area contributed by atoms with E-state index in [1.807, 2.05) is 64.2 Å². The maximum absolute atomic E-state index is 12.0. The fraction of sp³-hybridized carbons (Fsp3) is 0.381. The molecule has 27 heavy (non-hydrogen) atoms. The lowest BCUT2D eigenvalue weighted by Gasteiger charge is -2.09. The molecule has 0 unspecified atom stereocenters. The molecule has 6 heteroatoms. The van der Waals surface area contributed by atoms with Crippen LogP contribution in [0, 0.1) is 0 Å². The molecule has 0 saturated heterocycles. The topological polar surface area (TPSA) is 55.2 Å². The second-order valence-corrected chi connectivity index (χ2v) is 6.12. The molecule has 0 aliphatic heterocycles. The minimum atomic E-state index is -0.135. The van der Waals surface area contributed by atoms with Crippen molar-refractivity contribution in [2.24, 2.45) is 0 Å². The van der Waals surface area contributed by atoms with Gasteiger partial charge in [0.05, 0.1) is 13.2 Å². The van der Waals surface area contributed by atoms with Crippen LogP contribution >= 0.6 is 0 Å². The molecule has 0 amide bonds. The van der Waals surface area contributed by atoms with Crippen molar-refractivity contribution in [1.29, 1.82) is 0 Å². The van der Waals surface area contributed by atoms with Crippen LogP contribution in [-0.2, 0) is 9.47 Å². The fourth-order valence-electron chi connectivity index (χ4n) is 2.11. The van der Waals surface area contributed by atoms with E-state index in [9.17, 15) is 4.79 Å². The van der Waals surface area contributed by atoms with Crippen LogP contribution in [0.25, 0.3) is 12.2 Å². The fourth-order valence-corrected chi connectivity index (χ4v) is 2.11. The normalized spacial score (nSPS) is 12.7. The van der Waals surface area contributed by atoms with Crippen LogP contribution < -0.4 is 5.43 Å². The van der Waals surface area contributed by atoms with Crippen molar-refractivity contribution in [3.63, 3.8) is 0 Å². The molecule has 0 N–H and O–H groups in total. The highest BCUT2D eigenvalue weighted by atomic mass is 16.5. The maximum atomic E-state index is 12.0. The van der Waals surface area contributed by atoms with Gasteiger partial charge in [-0.05, 0) is 38.2 Å². The zero-order valence-corrected chi connectivity index (χ0v) is 17.1. The van der Waals surface area contributed by atoms with Crippen LogP contribution in [0.15, 0.2) is 57.4 Å². The quantitative estimate of drug-likeness (QED) is 0.461. The molecular weight excluding hydrogens is 344 g/mol. The summed E-state index contributed by atoms with van der Waals surface area (Å²) in [5.41, 5.74) is -0.135. The van der Waals surface area contributed by atoms with Gasteiger partial charge in [0.15, 0.2) is 5.43 Å². The van der Waals surface area contributed by atoms with Gasteiger partial charge in [-0.1, -0.05) is 0 Å². The van der Waals surface area contributed by atoms with E-state index in [1.165, 1.54) is 12.1 Å². The van der Waals surface area contributed by atoms with E-state index in [1.54, 1.807) is 24.3 Å². The molecule has 0 aromatic carbocycles. The van der Waals surface area contributed by atoms with Gasteiger partial charge in [-0.25, -0.2) is 0 Å². The van der Waals surface area contributed by atoms with Crippen LogP contribution in [0.4, 0.5) is 0 Å². The highest BCUT2D eigenvalue weighted by Gasteiger charge is 2.00. The summed E-state index contributed by atoms with van der Waals surface area (Å²) in [4.78, 5) is 15.7. The Kier molecular flexibility index (Phi) is 9.58. The molecule has 1 aromatic heterocycles. The molecule has 0 spiro atoms. The first-order valence-electron chi connectivity index (χ1n) is 8.87. The van der Waals surface area contributed by atoms with Gasteiger partial charge in [0.2, 0.25) is 0 Å². The summed E-state index contributed by atoms with van der Waals surface area (Å²) in [6.07, 6.45) is 10.7. The molecule has 1 aromatic rings. The third kappa shape index (κ3) is 9.39. The van der Waals surface area contributed by atoms with Crippen LogP contribution in [0.1, 0.15) is 25.4 Å². The Balaban J connectivity index is 3.07. The first-order chi connectivity index (χ1) is 12.8. The lowest BCUT2D eigenvalue weighted by Crippen LogP contribution is -2.04. The lowest BCUT2D eigenvalue weighted by molar-refractivity contribution is 0.236. The third-order valence-electron chi connectivity index (χ3n) is 3.02. The third-order valence-corrected chi connectivity index (χ3v) is 3.02. The Hall–Kier alpha value is -2.89. The van der Waals surface area contributed by atoms with E-state index >= 15 is 0 Å². The van der Waals surface area contributed by atoms with Crippen LogP contribution in [-0.4, -0.2) is 51.2 Å². The van der Waals surface area contributed by atoms with Crippen LogP contribution in [0.3, 0.4) is 0 Å².